The molecule has 2 aliphatic heterocycles. The first kappa shape index (κ1) is 16.2. The summed E-state index contributed by atoms with van der Waals surface area (Å²) < 4.78 is 15.0. The SMILES string of the molecule is N[C@H]1c2ccccc2C2(CCNC2)CN1Cc1ccc(Br)cc1F. The molecule has 0 saturated carbocycles. The van der Waals surface area contributed by atoms with Gasteiger partial charge in [0.2, 0.25) is 0 Å². The second-order valence-corrected chi connectivity index (χ2v) is 7.80. The molecule has 4 rings (SSSR count). The molecule has 2 heterocycles. The highest BCUT2D eigenvalue weighted by atomic mass is 79.9. The van der Waals surface area contributed by atoms with Crippen LogP contribution in [-0.2, 0) is 12.0 Å². The van der Waals surface area contributed by atoms with Crippen molar-refractivity contribution in [3.05, 3.63) is 69.4 Å². The molecule has 1 unspecified atom stereocenters. The highest BCUT2D eigenvalue weighted by Crippen LogP contribution is 2.42. The van der Waals surface area contributed by atoms with Crippen LogP contribution < -0.4 is 11.1 Å². The number of fused-ring (bicyclic) bond motifs is 2. The second-order valence-electron chi connectivity index (χ2n) is 6.88. The molecule has 3 nitrogen and oxygen atoms in total. The van der Waals surface area contributed by atoms with Gasteiger partial charge in [-0.25, -0.2) is 4.39 Å². The van der Waals surface area contributed by atoms with Crippen LogP contribution in [0.3, 0.4) is 0 Å². The van der Waals surface area contributed by atoms with Gasteiger partial charge in [-0.1, -0.05) is 46.3 Å². The Morgan fingerprint density at radius 1 is 1.29 bits per heavy atom. The Hall–Kier alpha value is -1.27. The molecule has 2 atom stereocenters. The van der Waals surface area contributed by atoms with Gasteiger partial charge in [0.05, 0.1) is 6.17 Å². The molecule has 0 radical (unpaired) electrons. The number of nitrogens with two attached hydrogens (primary N) is 1. The van der Waals surface area contributed by atoms with Gasteiger partial charge >= 0.3 is 0 Å². The summed E-state index contributed by atoms with van der Waals surface area (Å²) in [4.78, 5) is 2.21. The molecule has 2 aromatic rings. The van der Waals surface area contributed by atoms with Crippen LogP contribution in [0.25, 0.3) is 0 Å². The van der Waals surface area contributed by atoms with Gasteiger partial charge in [0.15, 0.2) is 0 Å². The van der Waals surface area contributed by atoms with E-state index >= 15 is 0 Å². The zero-order chi connectivity index (χ0) is 16.7. The maximum Gasteiger partial charge on any atom is 0.128 e. The number of nitrogens with one attached hydrogen (secondary N) is 1. The number of nitrogens with zero attached hydrogens (tertiary/aromatic N) is 1. The van der Waals surface area contributed by atoms with Gasteiger partial charge in [0, 0.05) is 35.1 Å². The van der Waals surface area contributed by atoms with Crippen LogP contribution in [0, 0.1) is 5.82 Å². The Kier molecular flexibility index (Phi) is 4.21. The number of hydrogen-bond donors (Lipinski definition) is 2. The van der Waals surface area contributed by atoms with E-state index in [0.29, 0.717) is 12.1 Å². The standard InChI is InChI=1S/C19H21BrFN3/c20-14-6-5-13(17(21)9-14)10-24-12-19(7-8-23-11-19)16-4-2-1-3-15(16)18(24)22/h1-6,9,18,23H,7-8,10-12,22H2/t18-,19?/m1/s1. The van der Waals surface area contributed by atoms with E-state index in [1.807, 2.05) is 18.2 Å². The molecule has 24 heavy (non-hydrogen) atoms. The van der Waals surface area contributed by atoms with Crippen molar-refractivity contribution in [2.24, 2.45) is 5.73 Å². The fourth-order valence-corrected chi connectivity index (χ4v) is 4.47. The monoisotopic (exact) mass is 389 g/mol. The second kappa shape index (κ2) is 6.23. The Bertz CT molecular complexity index is 758. The van der Waals surface area contributed by atoms with Gasteiger partial charge in [0.25, 0.3) is 0 Å². The Labute approximate surface area is 150 Å². The number of rotatable bonds is 2. The summed E-state index contributed by atoms with van der Waals surface area (Å²) in [6.45, 7) is 3.35. The number of halogens is 2. The van der Waals surface area contributed by atoms with E-state index in [9.17, 15) is 4.39 Å². The summed E-state index contributed by atoms with van der Waals surface area (Å²) in [6.07, 6.45) is 0.895. The van der Waals surface area contributed by atoms with Gasteiger partial charge in [-0.15, -0.1) is 0 Å². The summed E-state index contributed by atoms with van der Waals surface area (Å²) in [5.74, 6) is -0.186. The molecule has 0 aromatic heterocycles. The van der Waals surface area contributed by atoms with Crippen molar-refractivity contribution in [2.45, 2.75) is 24.5 Å². The van der Waals surface area contributed by atoms with Crippen molar-refractivity contribution < 1.29 is 4.39 Å². The lowest BCUT2D eigenvalue weighted by molar-refractivity contribution is 0.126. The van der Waals surface area contributed by atoms with Gasteiger partial charge in [-0.3, -0.25) is 4.90 Å². The van der Waals surface area contributed by atoms with E-state index in [1.54, 1.807) is 0 Å². The highest BCUT2D eigenvalue weighted by Gasteiger charge is 2.44. The Balaban J connectivity index is 1.70. The molecule has 1 fully saturated rings. The van der Waals surface area contributed by atoms with Crippen molar-refractivity contribution in [3.8, 4) is 0 Å². The molecular weight excluding hydrogens is 369 g/mol. The van der Waals surface area contributed by atoms with Crippen LogP contribution in [0.15, 0.2) is 46.9 Å². The van der Waals surface area contributed by atoms with Crippen molar-refractivity contribution in [2.75, 3.05) is 19.6 Å². The van der Waals surface area contributed by atoms with Crippen molar-refractivity contribution in [1.29, 1.82) is 0 Å². The molecule has 2 aromatic carbocycles. The third kappa shape index (κ3) is 2.69. The lowest BCUT2D eigenvalue weighted by atomic mass is 9.73. The molecule has 0 bridgehead atoms. The Morgan fingerprint density at radius 3 is 2.88 bits per heavy atom. The third-order valence-electron chi connectivity index (χ3n) is 5.38. The van der Waals surface area contributed by atoms with Gasteiger partial charge in [-0.2, -0.15) is 0 Å². The lowest BCUT2D eigenvalue weighted by Gasteiger charge is -2.45. The van der Waals surface area contributed by atoms with Gasteiger partial charge in [0.1, 0.15) is 5.82 Å². The quantitative estimate of drug-likeness (QED) is 0.827. The summed E-state index contributed by atoms with van der Waals surface area (Å²) in [5.41, 5.74) is 9.84. The molecule has 3 N–H and O–H groups in total. The minimum Gasteiger partial charge on any atom is -0.316 e. The molecule has 1 spiro atoms. The van der Waals surface area contributed by atoms with E-state index in [1.165, 1.54) is 17.2 Å². The summed E-state index contributed by atoms with van der Waals surface area (Å²) >= 11 is 3.32. The Morgan fingerprint density at radius 2 is 2.12 bits per heavy atom. The molecule has 1 saturated heterocycles. The van der Waals surface area contributed by atoms with Crippen molar-refractivity contribution in [3.63, 3.8) is 0 Å². The molecule has 2 aliphatic rings. The van der Waals surface area contributed by atoms with Crippen LogP contribution in [0.1, 0.15) is 29.3 Å². The van der Waals surface area contributed by atoms with Crippen molar-refractivity contribution in [1.82, 2.24) is 10.2 Å². The van der Waals surface area contributed by atoms with Crippen LogP contribution in [0.4, 0.5) is 4.39 Å². The van der Waals surface area contributed by atoms with Crippen LogP contribution in [0.2, 0.25) is 0 Å². The van der Waals surface area contributed by atoms with Gasteiger partial charge in [-0.05, 0) is 36.2 Å². The molecular formula is C19H21BrFN3. The summed E-state index contributed by atoms with van der Waals surface area (Å²) in [5, 5.41) is 3.49. The van der Waals surface area contributed by atoms with E-state index in [2.05, 4.69) is 44.3 Å². The lowest BCUT2D eigenvalue weighted by Crippen LogP contribution is -2.51. The first-order valence-electron chi connectivity index (χ1n) is 8.33. The van der Waals surface area contributed by atoms with Crippen LogP contribution in [0.5, 0.6) is 0 Å². The van der Waals surface area contributed by atoms with E-state index in [4.69, 9.17) is 5.73 Å². The number of benzene rings is 2. The zero-order valence-corrected chi connectivity index (χ0v) is 15.0. The molecule has 5 heteroatoms. The predicted octanol–water partition coefficient (Wildman–Crippen LogP) is 3.29. The van der Waals surface area contributed by atoms with Gasteiger partial charge < -0.3 is 11.1 Å². The van der Waals surface area contributed by atoms with Crippen LogP contribution >= 0.6 is 15.9 Å². The minimum absolute atomic E-state index is 0.0817. The average molecular weight is 390 g/mol. The fourth-order valence-electron chi connectivity index (χ4n) is 4.14. The summed E-state index contributed by atoms with van der Waals surface area (Å²) in [6, 6.07) is 13.7. The normalized spacial score (nSPS) is 26.7. The smallest absolute Gasteiger partial charge is 0.128 e. The summed E-state index contributed by atoms with van der Waals surface area (Å²) in [7, 11) is 0. The first-order valence-corrected chi connectivity index (χ1v) is 9.12. The maximum absolute atomic E-state index is 14.3. The highest BCUT2D eigenvalue weighted by molar-refractivity contribution is 9.10. The minimum atomic E-state index is -0.199. The molecule has 0 amide bonds. The van der Waals surface area contributed by atoms with E-state index in [0.717, 1.165) is 30.5 Å². The number of hydrogen-bond acceptors (Lipinski definition) is 3. The third-order valence-corrected chi connectivity index (χ3v) is 5.88. The molecule has 126 valence electrons. The zero-order valence-electron chi connectivity index (χ0n) is 13.4. The topological polar surface area (TPSA) is 41.3 Å². The predicted molar refractivity (Wildman–Crippen MR) is 97.0 cm³/mol. The maximum atomic E-state index is 14.3. The average Bonchev–Trinajstić information content (AvgIpc) is 3.04. The van der Waals surface area contributed by atoms with E-state index < -0.39 is 0 Å². The van der Waals surface area contributed by atoms with E-state index in [-0.39, 0.29) is 17.4 Å². The van der Waals surface area contributed by atoms with Crippen LogP contribution in [-0.4, -0.2) is 24.5 Å². The largest absolute Gasteiger partial charge is 0.316 e. The first-order chi connectivity index (χ1) is 11.6. The fraction of sp³-hybridized carbons (Fsp3) is 0.368. The molecule has 0 aliphatic carbocycles. The van der Waals surface area contributed by atoms with Crippen molar-refractivity contribution >= 4 is 15.9 Å².